The molecule has 0 saturated carbocycles. The molecule has 0 spiro atoms. The van der Waals surface area contributed by atoms with Crippen molar-refractivity contribution in [2.75, 3.05) is 0 Å². The third kappa shape index (κ3) is 2.20. The summed E-state index contributed by atoms with van der Waals surface area (Å²) in [6, 6.07) is 14.8. The Morgan fingerprint density at radius 2 is 1.71 bits per heavy atom. The van der Waals surface area contributed by atoms with Crippen LogP contribution in [0.5, 0.6) is 0 Å². The molecular weight excluding hydrogens is 386 g/mol. The molecule has 1 heterocycles. The van der Waals surface area contributed by atoms with Crippen LogP contribution in [0.4, 0.5) is 0 Å². The van der Waals surface area contributed by atoms with E-state index in [1.54, 1.807) is 0 Å². The number of hydrogen-bond acceptors (Lipinski definition) is 1. The summed E-state index contributed by atoms with van der Waals surface area (Å²) in [5.41, 5.74) is 4.01. The van der Waals surface area contributed by atoms with E-state index in [9.17, 15) is 0 Å². The number of nitrogens with zero attached hydrogens (tertiary/aromatic N) is 1. The molecule has 2 unspecified atom stereocenters. The summed E-state index contributed by atoms with van der Waals surface area (Å²) in [4.78, 5) is 4.46. The fraction of sp³-hybridized carbons (Fsp3) is 0.200. The third-order valence-electron chi connectivity index (χ3n) is 3.31. The maximum Gasteiger partial charge on any atom is 0.0270 e. The zero-order valence-electron chi connectivity index (χ0n) is 9.63. The summed E-state index contributed by atoms with van der Waals surface area (Å²) in [6.45, 7) is 2.25. The molecule has 2 heteroatoms. The van der Waals surface area contributed by atoms with Gasteiger partial charge < -0.3 is 6.42 Å². The molecule has 0 saturated heterocycles. The van der Waals surface area contributed by atoms with Crippen LogP contribution in [0.1, 0.15) is 35.6 Å². The Balaban J connectivity index is 0.00000108. The van der Waals surface area contributed by atoms with Crippen molar-refractivity contribution in [3.63, 3.8) is 0 Å². The van der Waals surface area contributed by atoms with Crippen LogP contribution in [-0.2, 0) is 20.1 Å². The van der Waals surface area contributed by atoms with Crippen molar-refractivity contribution < 1.29 is 20.1 Å². The third-order valence-corrected chi connectivity index (χ3v) is 3.31. The summed E-state index contributed by atoms with van der Waals surface area (Å²) in [6.07, 6.45) is 4.25. The predicted octanol–water partition coefficient (Wildman–Crippen LogP) is 3.53. The van der Waals surface area contributed by atoms with E-state index in [4.69, 9.17) is 0 Å². The molecule has 1 aromatic heterocycles. The Bertz CT molecular complexity index is 495. The predicted molar refractivity (Wildman–Crippen MR) is 65.2 cm³/mol. The monoisotopic (exact) mass is 401 g/mol. The van der Waals surface area contributed by atoms with E-state index in [1.807, 2.05) is 12.3 Å². The molecule has 17 heavy (non-hydrogen) atoms. The zero-order valence-corrected chi connectivity index (χ0v) is 12.0. The van der Waals surface area contributed by atoms with Crippen LogP contribution in [0.25, 0.3) is 0 Å². The van der Waals surface area contributed by atoms with Gasteiger partial charge in [-0.15, -0.1) is 5.92 Å². The molecule has 89 valence electrons. The van der Waals surface area contributed by atoms with E-state index in [0.717, 1.165) is 5.69 Å². The van der Waals surface area contributed by atoms with Crippen molar-refractivity contribution in [1.82, 2.24) is 4.98 Å². The molecular formula is C15H14IrN-. The second-order valence-electron chi connectivity index (χ2n) is 4.34. The van der Waals surface area contributed by atoms with E-state index >= 15 is 0 Å². The normalized spacial score (nSPS) is 21.7. The average Bonchev–Trinajstić information content (AvgIpc) is 2.69. The number of pyridine rings is 1. The number of rotatable bonds is 1. The summed E-state index contributed by atoms with van der Waals surface area (Å²) in [5, 5.41) is 0. The van der Waals surface area contributed by atoms with Gasteiger partial charge in [-0.1, -0.05) is 54.3 Å². The Morgan fingerprint density at radius 3 is 2.41 bits per heavy atom. The minimum atomic E-state index is 0. The minimum Gasteiger partial charge on any atom is -0.308 e. The SMILES string of the molecule is CC1[CH-]C(c2ccccn2)c2ccccc21.[Ir]. The van der Waals surface area contributed by atoms with Gasteiger partial charge in [-0.2, -0.15) is 0 Å². The topological polar surface area (TPSA) is 12.9 Å². The summed E-state index contributed by atoms with van der Waals surface area (Å²) >= 11 is 0. The van der Waals surface area contributed by atoms with E-state index in [0.29, 0.717) is 11.8 Å². The fourth-order valence-electron chi connectivity index (χ4n) is 2.52. The first-order valence-corrected chi connectivity index (χ1v) is 5.71. The maximum absolute atomic E-state index is 4.46. The molecule has 2 atom stereocenters. The molecule has 1 nitrogen and oxygen atoms in total. The number of benzene rings is 1. The summed E-state index contributed by atoms with van der Waals surface area (Å²) < 4.78 is 0. The van der Waals surface area contributed by atoms with Crippen LogP contribution in [0.2, 0.25) is 0 Å². The van der Waals surface area contributed by atoms with E-state index in [2.05, 4.69) is 54.7 Å². The number of hydrogen-bond donors (Lipinski definition) is 0. The summed E-state index contributed by atoms with van der Waals surface area (Å²) in [5.74, 6) is 0.899. The Morgan fingerprint density at radius 1 is 1.00 bits per heavy atom. The van der Waals surface area contributed by atoms with Gasteiger partial charge in [0.05, 0.1) is 0 Å². The molecule has 0 fully saturated rings. The van der Waals surface area contributed by atoms with Crippen LogP contribution in [0.3, 0.4) is 0 Å². The maximum atomic E-state index is 4.46. The van der Waals surface area contributed by atoms with E-state index < -0.39 is 0 Å². The Labute approximate surface area is 116 Å². The largest absolute Gasteiger partial charge is 0.308 e. The van der Waals surface area contributed by atoms with Gasteiger partial charge in [-0.3, -0.25) is 4.98 Å². The number of aromatic nitrogens is 1. The first kappa shape index (κ1) is 12.5. The fourth-order valence-corrected chi connectivity index (χ4v) is 2.52. The van der Waals surface area contributed by atoms with Gasteiger partial charge in [0, 0.05) is 32.0 Å². The van der Waals surface area contributed by atoms with Gasteiger partial charge in [0.25, 0.3) is 0 Å². The van der Waals surface area contributed by atoms with Crippen molar-refractivity contribution in [2.45, 2.75) is 18.8 Å². The zero-order chi connectivity index (χ0) is 11.0. The molecule has 0 aliphatic heterocycles. The van der Waals surface area contributed by atoms with Crippen molar-refractivity contribution in [2.24, 2.45) is 0 Å². The molecule has 1 radical (unpaired) electrons. The van der Waals surface area contributed by atoms with Crippen LogP contribution in [0.15, 0.2) is 48.7 Å². The first-order valence-electron chi connectivity index (χ1n) is 5.71. The van der Waals surface area contributed by atoms with Gasteiger partial charge in [0.15, 0.2) is 0 Å². The second kappa shape index (κ2) is 5.12. The van der Waals surface area contributed by atoms with Crippen LogP contribution < -0.4 is 0 Å². The van der Waals surface area contributed by atoms with Crippen molar-refractivity contribution in [1.29, 1.82) is 0 Å². The molecule has 1 aliphatic carbocycles. The van der Waals surface area contributed by atoms with Gasteiger partial charge in [-0.05, 0) is 12.1 Å². The molecule has 1 aliphatic rings. The second-order valence-corrected chi connectivity index (χ2v) is 4.34. The molecule has 3 rings (SSSR count). The van der Waals surface area contributed by atoms with Crippen LogP contribution >= 0.6 is 0 Å². The van der Waals surface area contributed by atoms with Gasteiger partial charge in [-0.25, -0.2) is 0 Å². The standard InChI is InChI=1S/C15H14N.Ir/c1-11-10-14(15-8-4-5-9-16-15)13-7-3-2-6-12(11)13;/h2-11,14H,1H3;/q-1;. The quantitative estimate of drug-likeness (QED) is 0.668. The smallest absolute Gasteiger partial charge is 0.0270 e. The Kier molecular flexibility index (Phi) is 3.75. The van der Waals surface area contributed by atoms with Crippen molar-refractivity contribution in [3.8, 4) is 0 Å². The molecule has 0 bridgehead atoms. The van der Waals surface area contributed by atoms with Gasteiger partial charge in [0.2, 0.25) is 0 Å². The molecule has 0 amide bonds. The molecule has 2 aromatic rings. The van der Waals surface area contributed by atoms with E-state index in [-0.39, 0.29) is 20.1 Å². The van der Waals surface area contributed by atoms with Crippen molar-refractivity contribution in [3.05, 3.63) is 71.9 Å². The van der Waals surface area contributed by atoms with Gasteiger partial charge in [0.1, 0.15) is 0 Å². The van der Waals surface area contributed by atoms with Crippen LogP contribution in [0, 0.1) is 6.42 Å². The molecule has 0 N–H and O–H groups in total. The Hall–Kier alpha value is -0.981. The van der Waals surface area contributed by atoms with Crippen molar-refractivity contribution >= 4 is 0 Å². The first-order chi connectivity index (χ1) is 7.86. The van der Waals surface area contributed by atoms with Gasteiger partial charge >= 0.3 is 0 Å². The molecule has 1 aromatic carbocycles. The number of fused-ring (bicyclic) bond motifs is 1. The van der Waals surface area contributed by atoms with Crippen LogP contribution in [-0.4, -0.2) is 4.98 Å². The average molecular weight is 401 g/mol. The van der Waals surface area contributed by atoms with E-state index in [1.165, 1.54) is 11.1 Å². The minimum absolute atomic E-state index is 0. The summed E-state index contributed by atoms with van der Waals surface area (Å²) in [7, 11) is 0.